The third kappa shape index (κ3) is 4.56. The molecule has 2 rings (SSSR count). The lowest BCUT2D eigenvalue weighted by atomic mass is 9.87. The minimum absolute atomic E-state index is 0.301. The highest BCUT2D eigenvalue weighted by atomic mass is 16.2. The van der Waals surface area contributed by atoms with Crippen LogP contribution in [0, 0.1) is 0 Å². The Morgan fingerprint density at radius 1 is 1.27 bits per heavy atom. The van der Waals surface area contributed by atoms with Gasteiger partial charge in [-0.2, -0.15) is 0 Å². The smallest absolute Gasteiger partial charge is 0.318 e. The van der Waals surface area contributed by atoms with Crippen LogP contribution >= 0.6 is 0 Å². The minimum atomic E-state index is -0.779. The maximum Gasteiger partial charge on any atom is 0.318 e. The van der Waals surface area contributed by atoms with Crippen LogP contribution in [0.15, 0.2) is 24.3 Å². The molecule has 0 fully saturated rings. The molecular weight excluding hydrogens is 278 g/mol. The number of carbonyl (C=O) groups is 2. The van der Waals surface area contributed by atoms with Gasteiger partial charge in [0, 0.05) is 19.0 Å². The van der Waals surface area contributed by atoms with Crippen LogP contribution in [0.3, 0.4) is 0 Å². The largest absolute Gasteiger partial charge is 0.351 e. The molecule has 3 N–H and O–H groups in total. The molecule has 5 heteroatoms. The number of urea groups is 1. The van der Waals surface area contributed by atoms with Gasteiger partial charge in [-0.05, 0) is 43.4 Å². The Morgan fingerprint density at radius 3 is 2.68 bits per heavy atom. The van der Waals surface area contributed by atoms with E-state index >= 15 is 0 Å². The Balaban J connectivity index is 1.94. The second-order valence-electron chi connectivity index (χ2n) is 5.86. The number of nitrogens with one attached hydrogen (secondary N) is 1. The fourth-order valence-corrected chi connectivity index (χ4v) is 3.20. The SMILES string of the molecule is CCCN(CCC(=O)NC(N)=O)[C@H]1CCc2ccccc2C1. The number of carbonyl (C=O) groups excluding carboxylic acids is 2. The molecule has 1 atom stereocenters. The summed E-state index contributed by atoms with van der Waals surface area (Å²) in [6.45, 7) is 3.78. The van der Waals surface area contributed by atoms with Crippen LogP contribution in [0.4, 0.5) is 4.79 Å². The number of aryl methyl sites for hydroxylation is 1. The van der Waals surface area contributed by atoms with Gasteiger partial charge < -0.3 is 5.73 Å². The molecule has 120 valence electrons. The fourth-order valence-electron chi connectivity index (χ4n) is 3.20. The van der Waals surface area contributed by atoms with Gasteiger partial charge in [0.05, 0.1) is 0 Å². The second-order valence-corrected chi connectivity index (χ2v) is 5.86. The molecule has 0 radical (unpaired) electrons. The number of benzene rings is 1. The van der Waals surface area contributed by atoms with E-state index in [-0.39, 0.29) is 5.91 Å². The predicted molar refractivity (Wildman–Crippen MR) is 86.5 cm³/mol. The Morgan fingerprint density at radius 2 is 2.00 bits per heavy atom. The van der Waals surface area contributed by atoms with Crippen LogP contribution in [0.5, 0.6) is 0 Å². The number of nitrogens with zero attached hydrogens (tertiary/aromatic N) is 1. The number of imide groups is 1. The van der Waals surface area contributed by atoms with Crippen molar-refractivity contribution in [2.24, 2.45) is 5.73 Å². The number of fused-ring (bicyclic) bond motifs is 1. The van der Waals surface area contributed by atoms with Gasteiger partial charge in [0.2, 0.25) is 5.91 Å². The first-order valence-electron chi connectivity index (χ1n) is 8.00. The molecule has 5 nitrogen and oxygen atoms in total. The maximum atomic E-state index is 11.6. The van der Waals surface area contributed by atoms with Gasteiger partial charge in [-0.1, -0.05) is 31.2 Å². The summed E-state index contributed by atoms with van der Waals surface area (Å²) in [6.07, 6.45) is 4.60. The zero-order valence-electron chi connectivity index (χ0n) is 13.2. The molecule has 0 spiro atoms. The van der Waals surface area contributed by atoms with E-state index in [4.69, 9.17) is 5.73 Å². The predicted octanol–water partition coefficient (Wildman–Crippen LogP) is 1.84. The zero-order chi connectivity index (χ0) is 15.9. The van der Waals surface area contributed by atoms with Crippen molar-refractivity contribution in [3.8, 4) is 0 Å². The number of hydrogen-bond donors (Lipinski definition) is 2. The summed E-state index contributed by atoms with van der Waals surface area (Å²) < 4.78 is 0. The summed E-state index contributed by atoms with van der Waals surface area (Å²) in [6, 6.07) is 8.28. The molecule has 0 bridgehead atoms. The lowest BCUT2D eigenvalue weighted by Crippen LogP contribution is -2.43. The van der Waals surface area contributed by atoms with Gasteiger partial charge >= 0.3 is 6.03 Å². The van der Waals surface area contributed by atoms with Crippen LogP contribution in [0.25, 0.3) is 0 Å². The fraction of sp³-hybridized carbons (Fsp3) is 0.529. The van der Waals surface area contributed by atoms with Crippen molar-refractivity contribution in [2.45, 2.75) is 45.1 Å². The Bertz CT molecular complexity index is 530. The normalized spacial score (nSPS) is 17.1. The quantitative estimate of drug-likeness (QED) is 0.842. The highest BCUT2D eigenvalue weighted by Crippen LogP contribution is 2.24. The van der Waals surface area contributed by atoms with Crippen molar-refractivity contribution in [3.63, 3.8) is 0 Å². The molecular formula is C17H25N3O2. The molecule has 3 amide bonds. The van der Waals surface area contributed by atoms with Crippen molar-refractivity contribution >= 4 is 11.9 Å². The highest BCUT2D eigenvalue weighted by Gasteiger charge is 2.24. The standard InChI is InChI=1S/C17H25N3O2/c1-2-10-20(11-9-16(21)19-17(18)22)15-8-7-13-5-3-4-6-14(13)12-15/h3-6,15H,2,7-12H2,1H3,(H3,18,19,21,22)/t15-/m0/s1. The molecule has 0 saturated heterocycles. The molecule has 0 aromatic heterocycles. The van der Waals surface area contributed by atoms with Crippen LogP contribution in [-0.2, 0) is 17.6 Å². The number of nitrogens with two attached hydrogens (primary N) is 1. The maximum absolute atomic E-state index is 11.6. The zero-order valence-corrected chi connectivity index (χ0v) is 13.2. The lowest BCUT2D eigenvalue weighted by Gasteiger charge is -2.35. The van der Waals surface area contributed by atoms with E-state index in [9.17, 15) is 9.59 Å². The van der Waals surface area contributed by atoms with E-state index in [1.165, 1.54) is 11.1 Å². The third-order valence-electron chi connectivity index (χ3n) is 4.24. The molecule has 1 aromatic carbocycles. The van der Waals surface area contributed by atoms with E-state index in [1.807, 2.05) is 0 Å². The summed E-state index contributed by atoms with van der Waals surface area (Å²) in [4.78, 5) is 24.7. The van der Waals surface area contributed by atoms with Crippen LogP contribution in [-0.4, -0.2) is 36.0 Å². The van der Waals surface area contributed by atoms with Gasteiger partial charge in [0.25, 0.3) is 0 Å². The van der Waals surface area contributed by atoms with Crippen molar-refractivity contribution < 1.29 is 9.59 Å². The Hall–Kier alpha value is -1.88. The molecule has 0 heterocycles. The van der Waals surface area contributed by atoms with Crippen molar-refractivity contribution in [1.82, 2.24) is 10.2 Å². The lowest BCUT2D eigenvalue weighted by molar-refractivity contribution is -0.120. The molecule has 1 aliphatic carbocycles. The monoisotopic (exact) mass is 303 g/mol. The number of hydrogen-bond acceptors (Lipinski definition) is 3. The summed E-state index contributed by atoms with van der Waals surface area (Å²) in [5.41, 5.74) is 7.83. The summed E-state index contributed by atoms with van der Waals surface area (Å²) in [5, 5.41) is 2.13. The third-order valence-corrected chi connectivity index (χ3v) is 4.24. The molecule has 1 aromatic rings. The average Bonchev–Trinajstić information content (AvgIpc) is 2.50. The molecule has 0 unspecified atom stereocenters. The number of rotatable bonds is 6. The Labute approximate surface area is 131 Å². The van der Waals surface area contributed by atoms with E-state index in [0.29, 0.717) is 19.0 Å². The first-order chi connectivity index (χ1) is 10.6. The van der Waals surface area contributed by atoms with E-state index in [1.54, 1.807) is 0 Å². The highest BCUT2D eigenvalue weighted by molar-refractivity contribution is 5.93. The second kappa shape index (κ2) is 7.94. The van der Waals surface area contributed by atoms with E-state index < -0.39 is 6.03 Å². The van der Waals surface area contributed by atoms with Crippen molar-refractivity contribution in [3.05, 3.63) is 35.4 Å². The van der Waals surface area contributed by atoms with Gasteiger partial charge in [-0.3, -0.25) is 15.0 Å². The molecule has 22 heavy (non-hydrogen) atoms. The first kappa shape index (κ1) is 16.5. The summed E-state index contributed by atoms with van der Waals surface area (Å²) >= 11 is 0. The van der Waals surface area contributed by atoms with Crippen LogP contribution in [0.1, 0.15) is 37.3 Å². The molecule has 0 saturated carbocycles. The topological polar surface area (TPSA) is 75.4 Å². The first-order valence-corrected chi connectivity index (χ1v) is 8.00. The van der Waals surface area contributed by atoms with E-state index in [0.717, 1.165) is 32.2 Å². The number of amides is 3. The minimum Gasteiger partial charge on any atom is -0.351 e. The van der Waals surface area contributed by atoms with Crippen molar-refractivity contribution in [1.29, 1.82) is 0 Å². The van der Waals surface area contributed by atoms with Gasteiger partial charge in [0.1, 0.15) is 0 Å². The van der Waals surface area contributed by atoms with Crippen LogP contribution in [0.2, 0.25) is 0 Å². The van der Waals surface area contributed by atoms with Crippen molar-refractivity contribution in [2.75, 3.05) is 13.1 Å². The van der Waals surface area contributed by atoms with Gasteiger partial charge in [-0.15, -0.1) is 0 Å². The Kier molecular flexibility index (Phi) is 5.95. The summed E-state index contributed by atoms with van der Waals surface area (Å²) in [5.74, 6) is -0.301. The van der Waals surface area contributed by atoms with Gasteiger partial charge in [-0.25, -0.2) is 4.79 Å². The molecule has 1 aliphatic rings. The summed E-state index contributed by atoms with van der Waals surface area (Å²) in [7, 11) is 0. The van der Waals surface area contributed by atoms with E-state index in [2.05, 4.69) is 41.4 Å². The molecule has 0 aliphatic heterocycles. The number of primary amides is 1. The average molecular weight is 303 g/mol. The van der Waals surface area contributed by atoms with Gasteiger partial charge in [0.15, 0.2) is 0 Å². The van der Waals surface area contributed by atoms with Crippen LogP contribution < -0.4 is 11.1 Å².